The van der Waals surface area contributed by atoms with Crippen LogP contribution in [0.4, 0.5) is 5.82 Å². The lowest BCUT2D eigenvalue weighted by atomic mass is 10.1. The van der Waals surface area contributed by atoms with Crippen molar-refractivity contribution in [2.45, 2.75) is 26.2 Å². The molecule has 1 aliphatic rings. The maximum atomic E-state index is 6.35. The van der Waals surface area contributed by atoms with Gasteiger partial charge in [0.15, 0.2) is 0 Å². The monoisotopic (exact) mass is 416 g/mol. The highest BCUT2D eigenvalue weighted by molar-refractivity contribution is 9.10. The first-order valence-corrected chi connectivity index (χ1v) is 9.54. The highest BCUT2D eigenvalue weighted by atomic mass is 79.9. The van der Waals surface area contributed by atoms with Crippen LogP contribution in [-0.4, -0.2) is 21.3 Å². The number of anilines is 1. The highest BCUT2D eigenvalue weighted by Crippen LogP contribution is 2.35. The van der Waals surface area contributed by atoms with Gasteiger partial charge in [0.2, 0.25) is 0 Å². The van der Waals surface area contributed by atoms with Gasteiger partial charge in [-0.15, -0.1) is 0 Å². The van der Waals surface area contributed by atoms with Crippen LogP contribution < -0.4 is 5.32 Å². The van der Waals surface area contributed by atoms with Gasteiger partial charge in [0.25, 0.3) is 0 Å². The van der Waals surface area contributed by atoms with Gasteiger partial charge in [-0.25, -0.2) is 4.68 Å². The molecule has 0 atom stereocenters. The molecule has 0 bridgehead atoms. The van der Waals surface area contributed by atoms with Crippen LogP contribution in [0.1, 0.15) is 24.0 Å². The van der Waals surface area contributed by atoms with E-state index in [2.05, 4.69) is 38.4 Å². The summed E-state index contributed by atoms with van der Waals surface area (Å²) in [6.45, 7) is 2.98. The molecule has 0 saturated carbocycles. The van der Waals surface area contributed by atoms with Gasteiger partial charge in [-0.05, 0) is 65.9 Å². The molecule has 1 N–H and O–H groups in total. The number of nitrogens with zero attached hydrogens (tertiary/aromatic N) is 3. The van der Waals surface area contributed by atoms with E-state index in [4.69, 9.17) is 16.7 Å². The Morgan fingerprint density at radius 1 is 1.24 bits per heavy atom. The van der Waals surface area contributed by atoms with Gasteiger partial charge in [0.1, 0.15) is 5.82 Å². The van der Waals surface area contributed by atoms with Crippen molar-refractivity contribution < 1.29 is 0 Å². The van der Waals surface area contributed by atoms with Crippen molar-refractivity contribution in [1.29, 1.82) is 0 Å². The van der Waals surface area contributed by atoms with Crippen LogP contribution in [0, 0.1) is 6.92 Å². The van der Waals surface area contributed by atoms with Crippen molar-refractivity contribution in [3.63, 3.8) is 0 Å². The number of aromatic nitrogens is 3. The second-order valence-electron chi connectivity index (χ2n) is 6.25. The summed E-state index contributed by atoms with van der Waals surface area (Å²) < 4.78 is 2.95. The van der Waals surface area contributed by atoms with Gasteiger partial charge in [-0.3, -0.25) is 4.98 Å². The van der Waals surface area contributed by atoms with Crippen LogP contribution in [0.5, 0.6) is 0 Å². The molecule has 3 heterocycles. The minimum absolute atomic E-state index is 0.751. The van der Waals surface area contributed by atoms with Gasteiger partial charge in [0, 0.05) is 39.6 Å². The Bertz CT molecular complexity index is 935. The van der Waals surface area contributed by atoms with Gasteiger partial charge in [-0.2, -0.15) is 5.10 Å². The van der Waals surface area contributed by atoms with Gasteiger partial charge in [0.05, 0.1) is 11.4 Å². The quantitative estimate of drug-likeness (QED) is 0.606. The Labute approximate surface area is 160 Å². The molecule has 4 rings (SSSR count). The molecule has 4 nitrogen and oxygen atoms in total. The van der Waals surface area contributed by atoms with E-state index in [1.807, 2.05) is 29.9 Å². The number of benzene rings is 1. The summed E-state index contributed by atoms with van der Waals surface area (Å²) in [4.78, 5) is 4.31. The van der Waals surface area contributed by atoms with Crippen LogP contribution in [0.25, 0.3) is 16.9 Å². The molecule has 0 amide bonds. The normalized spacial score (nSPS) is 13.9. The summed E-state index contributed by atoms with van der Waals surface area (Å²) in [5, 5.41) is 9.27. The fourth-order valence-corrected chi connectivity index (χ4v) is 3.81. The molecule has 0 saturated heterocycles. The summed E-state index contributed by atoms with van der Waals surface area (Å²) >= 11 is 9.86. The Balaban J connectivity index is 1.95. The van der Waals surface area contributed by atoms with Crippen molar-refractivity contribution in [3.05, 3.63) is 57.3 Å². The standard InChI is InChI=1S/C19H18BrClN4/c1-12-16(21)6-4-7-17(12)25-19-15(5-2-3-8-23-19)18(24-25)13-9-14(20)11-22-10-13/h4,6-7,9-11,23H,2-3,5,8H2,1H3. The Kier molecular flexibility index (Phi) is 4.52. The Hall–Kier alpha value is -1.85. The molecule has 0 fully saturated rings. The number of halogens is 2. The zero-order valence-corrected chi connectivity index (χ0v) is 16.2. The average Bonchev–Trinajstić information content (AvgIpc) is 2.79. The summed E-state index contributed by atoms with van der Waals surface area (Å²) in [6, 6.07) is 8.00. The number of hydrogen-bond acceptors (Lipinski definition) is 3. The second kappa shape index (κ2) is 6.81. The zero-order chi connectivity index (χ0) is 17.4. The predicted molar refractivity (Wildman–Crippen MR) is 106 cm³/mol. The molecule has 6 heteroatoms. The molecule has 2 aromatic heterocycles. The SMILES string of the molecule is Cc1c(Cl)cccc1-n1nc(-c2cncc(Br)c2)c2c1NCCCC2. The minimum atomic E-state index is 0.751. The molecule has 1 aliphatic heterocycles. The van der Waals surface area contributed by atoms with Gasteiger partial charge in [-0.1, -0.05) is 17.7 Å². The maximum absolute atomic E-state index is 6.35. The van der Waals surface area contributed by atoms with Crippen LogP contribution in [0.2, 0.25) is 5.02 Å². The van der Waals surface area contributed by atoms with E-state index >= 15 is 0 Å². The highest BCUT2D eigenvalue weighted by Gasteiger charge is 2.23. The smallest absolute Gasteiger partial charge is 0.133 e. The van der Waals surface area contributed by atoms with Gasteiger partial charge >= 0.3 is 0 Å². The number of fused-ring (bicyclic) bond motifs is 1. The lowest BCUT2D eigenvalue weighted by molar-refractivity contribution is 0.779. The third kappa shape index (κ3) is 3.07. The van der Waals surface area contributed by atoms with Crippen molar-refractivity contribution in [3.8, 4) is 16.9 Å². The summed E-state index contributed by atoms with van der Waals surface area (Å²) in [5.74, 6) is 1.07. The molecule has 3 aromatic rings. The van der Waals surface area contributed by atoms with Crippen molar-refractivity contribution in [2.75, 3.05) is 11.9 Å². The largest absolute Gasteiger partial charge is 0.370 e. The van der Waals surface area contributed by atoms with Crippen molar-refractivity contribution in [1.82, 2.24) is 14.8 Å². The van der Waals surface area contributed by atoms with Crippen LogP contribution in [-0.2, 0) is 6.42 Å². The fraction of sp³-hybridized carbons (Fsp3) is 0.263. The number of rotatable bonds is 2. The van der Waals surface area contributed by atoms with E-state index in [-0.39, 0.29) is 0 Å². The first-order chi connectivity index (χ1) is 12.1. The second-order valence-corrected chi connectivity index (χ2v) is 7.57. The molecule has 0 unspecified atom stereocenters. The molecule has 0 spiro atoms. The van der Waals surface area contributed by atoms with Crippen molar-refractivity contribution in [2.24, 2.45) is 0 Å². The first-order valence-electron chi connectivity index (χ1n) is 8.37. The predicted octanol–water partition coefficient (Wildman–Crippen LogP) is 5.41. The summed E-state index contributed by atoms with van der Waals surface area (Å²) in [5.41, 5.74) is 5.29. The maximum Gasteiger partial charge on any atom is 0.133 e. The molecule has 0 aliphatic carbocycles. The number of hydrogen-bond donors (Lipinski definition) is 1. The summed E-state index contributed by atoms with van der Waals surface area (Å²) in [7, 11) is 0. The third-order valence-electron chi connectivity index (χ3n) is 4.58. The summed E-state index contributed by atoms with van der Waals surface area (Å²) in [6.07, 6.45) is 6.96. The fourth-order valence-electron chi connectivity index (χ4n) is 3.28. The Morgan fingerprint density at radius 2 is 2.12 bits per heavy atom. The number of pyridine rings is 1. The van der Waals surface area contributed by atoms with Gasteiger partial charge < -0.3 is 5.32 Å². The van der Waals surface area contributed by atoms with Crippen molar-refractivity contribution >= 4 is 33.3 Å². The van der Waals surface area contributed by atoms with E-state index in [1.54, 1.807) is 6.20 Å². The van der Waals surface area contributed by atoms with E-state index in [9.17, 15) is 0 Å². The van der Waals surface area contributed by atoms with E-state index < -0.39 is 0 Å². The lowest BCUT2D eigenvalue weighted by Gasteiger charge is -2.12. The molecule has 1 aromatic carbocycles. The zero-order valence-electron chi connectivity index (χ0n) is 13.9. The van der Waals surface area contributed by atoms with E-state index in [0.29, 0.717) is 0 Å². The molecular weight excluding hydrogens is 400 g/mol. The first kappa shape index (κ1) is 16.6. The Morgan fingerprint density at radius 3 is 2.96 bits per heavy atom. The molecule has 128 valence electrons. The van der Waals surface area contributed by atoms with E-state index in [1.165, 1.54) is 5.56 Å². The minimum Gasteiger partial charge on any atom is -0.370 e. The lowest BCUT2D eigenvalue weighted by Crippen LogP contribution is -2.08. The molecule has 0 radical (unpaired) electrons. The van der Waals surface area contributed by atoms with Crippen LogP contribution in [0.3, 0.4) is 0 Å². The third-order valence-corrected chi connectivity index (χ3v) is 5.42. The molecule has 25 heavy (non-hydrogen) atoms. The number of nitrogens with one attached hydrogen (secondary N) is 1. The average molecular weight is 418 g/mol. The van der Waals surface area contributed by atoms with Crippen LogP contribution >= 0.6 is 27.5 Å². The topological polar surface area (TPSA) is 42.7 Å². The van der Waals surface area contributed by atoms with Crippen LogP contribution in [0.15, 0.2) is 41.1 Å². The molecular formula is C19H18BrClN4. The van der Waals surface area contributed by atoms with E-state index in [0.717, 1.165) is 63.6 Å².